The van der Waals surface area contributed by atoms with Crippen molar-refractivity contribution in [2.75, 3.05) is 25.8 Å². The largest absolute Gasteiger partial charge is 0.497 e. The van der Waals surface area contributed by atoms with Gasteiger partial charge >= 0.3 is 6.03 Å². The van der Waals surface area contributed by atoms with Crippen LogP contribution >= 0.6 is 11.8 Å². The van der Waals surface area contributed by atoms with Crippen molar-refractivity contribution in [3.05, 3.63) is 48.0 Å². The summed E-state index contributed by atoms with van der Waals surface area (Å²) in [4.78, 5) is 13.4. The molecule has 0 aromatic heterocycles. The summed E-state index contributed by atoms with van der Waals surface area (Å²) < 4.78 is 10.6. The SMILES string of the molecule is COc1ccc(OC)c(C(C)NC(=O)Nc2ccc(SC)cc2)c1. The molecule has 2 N–H and O–H groups in total. The fraction of sp³-hybridized carbons (Fsp3) is 0.278. The topological polar surface area (TPSA) is 59.6 Å². The molecular weight excluding hydrogens is 324 g/mol. The summed E-state index contributed by atoms with van der Waals surface area (Å²) in [5.41, 5.74) is 1.60. The molecule has 1 unspecified atom stereocenters. The van der Waals surface area contributed by atoms with Crippen LogP contribution in [-0.2, 0) is 0 Å². The van der Waals surface area contributed by atoms with Crippen LogP contribution in [0.25, 0.3) is 0 Å². The standard InChI is InChI=1S/C18H22N2O3S/c1-12(16-11-14(22-2)7-10-17(16)23-3)19-18(21)20-13-5-8-15(24-4)9-6-13/h5-12H,1-4H3,(H2,19,20,21). The van der Waals surface area contributed by atoms with Crippen LogP contribution in [0.15, 0.2) is 47.4 Å². The third-order valence-corrected chi connectivity index (χ3v) is 4.34. The second kappa shape index (κ2) is 8.49. The van der Waals surface area contributed by atoms with Crippen LogP contribution in [0.2, 0.25) is 0 Å². The lowest BCUT2D eigenvalue weighted by molar-refractivity contribution is 0.249. The van der Waals surface area contributed by atoms with Crippen molar-refractivity contribution in [3.8, 4) is 11.5 Å². The number of hydrogen-bond donors (Lipinski definition) is 2. The van der Waals surface area contributed by atoms with E-state index in [1.54, 1.807) is 26.0 Å². The van der Waals surface area contributed by atoms with Gasteiger partial charge in [-0.2, -0.15) is 0 Å². The number of ether oxygens (including phenoxy) is 2. The number of urea groups is 1. The number of hydrogen-bond acceptors (Lipinski definition) is 4. The number of benzene rings is 2. The van der Waals surface area contributed by atoms with Crippen molar-refractivity contribution >= 4 is 23.5 Å². The lowest BCUT2D eigenvalue weighted by Gasteiger charge is -2.18. The summed E-state index contributed by atoms with van der Waals surface area (Å²) in [6.07, 6.45) is 2.01. The van der Waals surface area contributed by atoms with E-state index in [-0.39, 0.29) is 12.1 Å². The predicted octanol–water partition coefficient (Wildman–Crippen LogP) is 4.31. The Bertz CT molecular complexity index is 689. The number of nitrogens with one attached hydrogen (secondary N) is 2. The molecule has 0 aliphatic rings. The Kier molecular flexibility index (Phi) is 6.37. The number of thioether (sulfide) groups is 1. The summed E-state index contributed by atoms with van der Waals surface area (Å²) in [6.45, 7) is 1.90. The van der Waals surface area contributed by atoms with Gasteiger partial charge in [-0.25, -0.2) is 4.79 Å². The minimum atomic E-state index is -0.274. The van der Waals surface area contributed by atoms with Gasteiger partial charge in [-0.05, 0) is 55.6 Å². The van der Waals surface area contributed by atoms with E-state index in [1.807, 2.05) is 55.6 Å². The van der Waals surface area contributed by atoms with Gasteiger partial charge in [0.15, 0.2) is 0 Å². The van der Waals surface area contributed by atoms with E-state index in [1.165, 1.54) is 0 Å². The van der Waals surface area contributed by atoms with E-state index in [0.717, 1.165) is 16.1 Å². The molecule has 2 aromatic rings. The van der Waals surface area contributed by atoms with Gasteiger partial charge in [0, 0.05) is 16.1 Å². The maximum absolute atomic E-state index is 12.2. The van der Waals surface area contributed by atoms with Crippen molar-refractivity contribution in [3.63, 3.8) is 0 Å². The normalized spacial score (nSPS) is 11.5. The molecular formula is C18H22N2O3S. The first-order valence-electron chi connectivity index (χ1n) is 7.51. The van der Waals surface area contributed by atoms with Crippen LogP contribution in [-0.4, -0.2) is 26.5 Å². The molecule has 128 valence electrons. The van der Waals surface area contributed by atoms with Gasteiger partial charge in [0.05, 0.1) is 20.3 Å². The van der Waals surface area contributed by atoms with Gasteiger partial charge < -0.3 is 20.1 Å². The van der Waals surface area contributed by atoms with E-state index >= 15 is 0 Å². The quantitative estimate of drug-likeness (QED) is 0.765. The molecule has 0 saturated heterocycles. The number of anilines is 1. The predicted molar refractivity (Wildman–Crippen MR) is 98.3 cm³/mol. The van der Waals surface area contributed by atoms with Crippen LogP contribution in [0, 0.1) is 0 Å². The van der Waals surface area contributed by atoms with Crippen LogP contribution in [0.4, 0.5) is 10.5 Å². The molecule has 1 atom stereocenters. The first kappa shape index (κ1) is 18.0. The highest BCUT2D eigenvalue weighted by atomic mass is 32.2. The fourth-order valence-electron chi connectivity index (χ4n) is 2.29. The molecule has 0 saturated carbocycles. The minimum Gasteiger partial charge on any atom is -0.497 e. The van der Waals surface area contributed by atoms with E-state index in [2.05, 4.69) is 10.6 Å². The number of methoxy groups -OCH3 is 2. The zero-order valence-corrected chi connectivity index (χ0v) is 15.1. The zero-order valence-electron chi connectivity index (χ0n) is 14.3. The average Bonchev–Trinajstić information content (AvgIpc) is 2.61. The molecule has 0 heterocycles. The highest BCUT2D eigenvalue weighted by Crippen LogP contribution is 2.29. The molecule has 0 spiro atoms. The Labute approximate surface area is 146 Å². The van der Waals surface area contributed by atoms with Gasteiger partial charge in [-0.3, -0.25) is 0 Å². The monoisotopic (exact) mass is 346 g/mol. The number of amides is 2. The van der Waals surface area contributed by atoms with E-state index < -0.39 is 0 Å². The molecule has 0 bridgehead atoms. The van der Waals surface area contributed by atoms with Crippen LogP contribution in [0.3, 0.4) is 0 Å². The third kappa shape index (κ3) is 4.58. The summed E-state index contributed by atoms with van der Waals surface area (Å²) in [5, 5.41) is 5.74. The summed E-state index contributed by atoms with van der Waals surface area (Å²) in [6, 6.07) is 12.7. The average molecular weight is 346 g/mol. The van der Waals surface area contributed by atoms with Crippen LogP contribution in [0.5, 0.6) is 11.5 Å². The molecule has 5 nitrogen and oxygen atoms in total. The van der Waals surface area contributed by atoms with Crippen LogP contribution < -0.4 is 20.1 Å². The molecule has 0 fully saturated rings. The second-order valence-corrected chi connectivity index (χ2v) is 6.04. The molecule has 0 radical (unpaired) electrons. The van der Waals surface area contributed by atoms with Gasteiger partial charge in [0.1, 0.15) is 11.5 Å². The van der Waals surface area contributed by atoms with Crippen molar-refractivity contribution < 1.29 is 14.3 Å². The summed E-state index contributed by atoms with van der Waals surface area (Å²) in [5.74, 6) is 1.42. The smallest absolute Gasteiger partial charge is 0.319 e. The van der Waals surface area contributed by atoms with Crippen LogP contribution in [0.1, 0.15) is 18.5 Å². The van der Waals surface area contributed by atoms with Crippen molar-refractivity contribution in [2.24, 2.45) is 0 Å². The Morgan fingerprint density at radius 2 is 1.79 bits per heavy atom. The van der Waals surface area contributed by atoms with E-state index in [9.17, 15) is 4.79 Å². The lowest BCUT2D eigenvalue weighted by atomic mass is 10.1. The second-order valence-electron chi connectivity index (χ2n) is 5.16. The third-order valence-electron chi connectivity index (χ3n) is 3.60. The summed E-state index contributed by atoms with van der Waals surface area (Å²) in [7, 11) is 3.21. The number of carbonyl (C=O) groups excluding carboxylic acids is 1. The first-order valence-corrected chi connectivity index (χ1v) is 8.73. The van der Waals surface area contributed by atoms with E-state index in [4.69, 9.17) is 9.47 Å². The van der Waals surface area contributed by atoms with Crippen molar-refractivity contribution in [1.29, 1.82) is 0 Å². The first-order chi connectivity index (χ1) is 11.6. The van der Waals surface area contributed by atoms with E-state index in [0.29, 0.717) is 11.5 Å². The highest BCUT2D eigenvalue weighted by Gasteiger charge is 2.15. The molecule has 2 rings (SSSR count). The number of carbonyl (C=O) groups is 1. The van der Waals surface area contributed by atoms with Gasteiger partial charge in [0.2, 0.25) is 0 Å². The van der Waals surface area contributed by atoms with Gasteiger partial charge in [-0.15, -0.1) is 11.8 Å². The highest BCUT2D eigenvalue weighted by molar-refractivity contribution is 7.98. The molecule has 2 amide bonds. The maximum Gasteiger partial charge on any atom is 0.319 e. The van der Waals surface area contributed by atoms with Crippen molar-refractivity contribution in [1.82, 2.24) is 5.32 Å². The minimum absolute atomic E-state index is 0.236. The Hall–Kier alpha value is -2.34. The molecule has 2 aromatic carbocycles. The molecule has 0 aliphatic carbocycles. The Morgan fingerprint density at radius 3 is 2.38 bits per heavy atom. The van der Waals surface area contributed by atoms with Crippen molar-refractivity contribution in [2.45, 2.75) is 17.9 Å². The Balaban J connectivity index is 2.05. The zero-order chi connectivity index (χ0) is 17.5. The van der Waals surface area contributed by atoms with Gasteiger partial charge in [-0.1, -0.05) is 0 Å². The van der Waals surface area contributed by atoms with Gasteiger partial charge in [0.25, 0.3) is 0 Å². The molecule has 0 aliphatic heterocycles. The summed E-state index contributed by atoms with van der Waals surface area (Å²) >= 11 is 1.66. The lowest BCUT2D eigenvalue weighted by Crippen LogP contribution is -2.31. The Morgan fingerprint density at radius 1 is 1.08 bits per heavy atom. The fourth-order valence-corrected chi connectivity index (χ4v) is 2.70. The molecule has 24 heavy (non-hydrogen) atoms. The maximum atomic E-state index is 12.2. The molecule has 6 heteroatoms. The number of rotatable bonds is 6.